The summed E-state index contributed by atoms with van der Waals surface area (Å²) in [5, 5.41) is 8.64. The van der Waals surface area contributed by atoms with Crippen molar-refractivity contribution < 1.29 is 14.3 Å². The highest BCUT2D eigenvalue weighted by molar-refractivity contribution is 7.96. The molecule has 184 valence electrons. The fourth-order valence-corrected chi connectivity index (χ4v) is 9.02. The lowest BCUT2D eigenvalue weighted by atomic mass is 10.1. The predicted molar refractivity (Wildman–Crippen MR) is 151 cm³/mol. The van der Waals surface area contributed by atoms with Gasteiger partial charge in [-0.1, -0.05) is 54.6 Å². The Kier molecular flexibility index (Phi) is 6.62. The van der Waals surface area contributed by atoms with Gasteiger partial charge in [0.2, 0.25) is 5.85 Å². The summed E-state index contributed by atoms with van der Waals surface area (Å²) in [5.74, 6) is 0.463. The quantitative estimate of drug-likeness (QED) is 0.277. The maximum Gasteiger partial charge on any atom is 0.316 e. The first-order valence-electron chi connectivity index (χ1n) is 11.7. The summed E-state index contributed by atoms with van der Waals surface area (Å²) in [7, 11) is -2.40. The SMILES string of the molecule is NC(=O)Nc1cccc(C2=C[C@H]([P+](c3ccccc3)(c3ccccc3)c3cccc(NC(N)=O)c3)O2)c1. The lowest BCUT2D eigenvalue weighted by Crippen LogP contribution is -2.42. The van der Waals surface area contributed by atoms with Crippen molar-refractivity contribution in [1.29, 1.82) is 0 Å². The van der Waals surface area contributed by atoms with Crippen molar-refractivity contribution in [3.63, 3.8) is 0 Å². The van der Waals surface area contributed by atoms with Crippen LogP contribution < -0.4 is 38.0 Å². The van der Waals surface area contributed by atoms with Crippen molar-refractivity contribution in [2.24, 2.45) is 11.5 Å². The van der Waals surface area contributed by atoms with Gasteiger partial charge in [-0.2, -0.15) is 0 Å². The molecular weight excluding hydrogens is 483 g/mol. The van der Waals surface area contributed by atoms with Crippen LogP contribution in [0.2, 0.25) is 0 Å². The fourth-order valence-electron chi connectivity index (χ4n) is 4.67. The number of carbonyl (C=O) groups excluding carboxylic acids is 2. The normalized spacial score (nSPS) is 14.5. The summed E-state index contributed by atoms with van der Waals surface area (Å²) in [4.78, 5) is 22.9. The highest BCUT2D eigenvalue weighted by atomic mass is 31.2. The third-order valence-electron chi connectivity index (χ3n) is 6.19. The molecule has 0 aromatic heterocycles. The Morgan fingerprint density at radius 3 is 1.68 bits per heavy atom. The van der Waals surface area contributed by atoms with Gasteiger partial charge in [-0.05, 0) is 48.5 Å². The molecule has 5 rings (SSSR count). The maximum absolute atomic E-state index is 11.6. The third-order valence-corrected chi connectivity index (χ3v) is 10.5. The third kappa shape index (κ3) is 4.77. The van der Waals surface area contributed by atoms with E-state index in [1.165, 1.54) is 0 Å². The van der Waals surface area contributed by atoms with Gasteiger partial charge in [-0.3, -0.25) is 0 Å². The molecule has 1 heterocycles. The Morgan fingerprint density at radius 2 is 1.14 bits per heavy atom. The number of primary amides is 2. The van der Waals surface area contributed by atoms with E-state index in [-0.39, 0.29) is 5.85 Å². The summed E-state index contributed by atoms with van der Waals surface area (Å²) < 4.78 is 6.59. The number of urea groups is 2. The van der Waals surface area contributed by atoms with E-state index < -0.39 is 19.3 Å². The highest BCUT2D eigenvalue weighted by Gasteiger charge is 2.56. The largest absolute Gasteiger partial charge is 0.451 e. The number of rotatable bonds is 7. The second-order valence-corrected chi connectivity index (χ2v) is 12.0. The molecule has 0 unspecified atom stereocenters. The van der Waals surface area contributed by atoms with Gasteiger partial charge in [0.1, 0.15) is 21.7 Å². The van der Waals surface area contributed by atoms with Crippen LogP contribution in [-0.2, 0) is 4.74 Å². The van der Waals surface area contributed by atoms with Crippen LogP contribution in [0.4, 0.5) is 21.0 Å². The van der Waals surface area contributed by atoms with Crippen LogP contribution in [0.25, 0.3) is 5.76 Å². The van der Waals surface area contributed by atoms with E-state index in [9.17, 15) is 9.59 Å². The minimum absolute atomic E-state index is 0.260. The first kappa shape index (κ1) is 24.1. The molecule has 6 N–H and O–H groups in total. The Morgan fingerprint density at radius 1 is 0.649 bits per heavy atom. The van der Waals surface area contributed by atoms with Crippen molar-refractivity contribution in [3.8, 4) is 0 Å². The highest BCUT2D eigenvalue weighted by Crippen LogP contribution is 2.64. The number of nitrogens with two attached hydrogens (primary N) is 2. The van der Waals surface area contributed by atoms with Gasteiger partial charge in [0.25, 0.3) is 0 Å². The molecule has 7 nitrogen and oxygen atoms in total. The molecule has 37 heavy (non-hydrogen) atoms. The van der Waals surface area contributed by atoms with E-state index in [0.29, 0.717) is 11.4 Å². The molecule has 0 bridgehead atoms. The first-order valence-corrected chi connectivity index (χ1v) is 13.5. The van der Waals surface area contributed by atoms with Crippen LogP contribution in [0.3, 0.4) is 0 Å². The second kappa shape index (κ2) is 10.2. The molecule has 0 radical (unpaired) electrons. The van der Waals surface area contributed by atoms with E-state index in [4.69, 9.17) is 16.2 Å². The minimum atomic E-state index is -2.40. The van der Waals surface area contributed by atoms with Crippen LogP contribution >= 0.6 is 7.26 Å². The van der Waals surface area contributed by atoms with Crippen LogP contribution in [0.1, 0.15) is 5.56 Å². The summed E-state index contributed by atoms with van der Waals surface area (Å²) in [6.07, 6.45) is 2.13. The monoisotopic (exact) mass is 509 g/mol. The fraction of sp³-hybridized carbons (Fsp3) is 0.0345. The van der Waals surface area contributed by atoms with Crippen LogP contribution in [0.15, 0.2) is 115 Å². The Bertz CT molecular complexity index is 1440. The van der Waals surface area contributed by atoms with Crippen LogP contribution in [-0.4, -0.2) is 17.9 Å². The van der Waals surface area contributed by atoms with Crippen molar-refractivity contribution in [3.05, 3.63) is 121 Å². The van der Waals surface area contributed by atoms with E-state index in [2.05, 4.69) is 47.0 Å². The lowest BCUT2D eigenvalue weighted by Gasteiger charge is -2.38. The van der Waals surface area contributed by atoms with Gasteiger partial charge in [0.05, 0.1) is 0 Å². The van der Waals surface area contributed by atoms with Gasteiger partial charge in [-0.15, -0.1) is 0 Å². The molecule has 4 aromatic rings. The van der Waals surface area contributed by atoms with Gasteiger partial charge >= 0.3 is 12.1 Å². The summed E-state index contributed by atoms with van der Waals surface area (Å²) in [6, 6.07) is 34.5. The van der Waals surface area contributed by atoms with Crippen molar-refractivity contribution in [1.82, 2.24) is 0 Å². The van der Waals surface area contributed by atoms with Gasteiger partial charge in [0.15, 0.2) is 7.26 Å². The molecule has 1 atom stereocenters. The molecule has 0 saturated heterocycles. The average Bonchev–Trinajstić information content (AvgIpc) is 2.86. The van der Waals surface area contributed by atoms with E-state index in [1.54, 1.807) is 6.07 Å². The van der Waals surface area contributed by atoms with Gasteiger partial charge in [-0.25, -0.2) is 9.59 Å². The molecule has 8 heteroatoms. The second-order valence-electron chi connectivity index (χ2n) is 8.54. The summed E-state index contributed by atoms with van der Waals surface area (Å²) in [6.45, 7) is 0. The molecule has 1 aliphatic rings. The molecule has 0 saturated carbocycles. The number of amides is 4. The standard InChI is InChI=1S/C29H25N4O3P/c30-28(34)32-21-10-7-9-20(17-21)26-19-27(36-26)37(23-12-3-1-4-13-23,24-14-5-2-6-15-24)25-16-8-11-22(18-25)33-29(31)35/h1-19,27H,(H5-,30,31,32,33,34,35)/p+1/t27-/m0/s1. The van der Waals surface area contributed by atoms with Crippen molar-refractivity contribution in [2.75, 3.05) is 10.6 Å². The zero-order valence-corrected chi connectivity index (χ0v) is 20.8. The van der Waals surface area contributed by atoms with Gasteiger partial charge in [0, 0.05) is 29.1 Å². The number of anilines is 2. The van der Waals surface area contributed by atoms with Crippen molar-refractivity contribution >= 4 is 52.4 Å². The Hall–Kier alpha value is -4.61. The molecule has 4 amide bonds. The Labute approximate surface area is 215 Å². The number of carbonyl (C=O) groups is 2. The number of ether oxygens (including phenoxy) is 1. The molecular formula is C29H26N4O3P+. The first-order chi connectivity index (χ1) is 18.0. The lowest BCUT2D eigenvalue weighted by molar-refractivity contribution is 0.241. The van der Waals surface area contributed by atoms with E-state index in [1.807, 2.05) is 72.8 Å². The molecule has 1 aliphatic heterocycles. The number of nitrogens with one attached hydrogen (secondary N) is 2. The maximum atomic E-state index is 11.6. The zero-order valence-electron chi connectivity index (χ0n) is 19.9. The minimum Gasteiger partial charge on any atom is -0.451 e. The molecule has 0 spiro atoms. The van der Waals surface area contributed by atoms with Crippen molar-refractivity contribution in [2.45, 2.75) is 5.85 Å². The molecule has 0 fully saturated rings. The van der Waals surface area contributed by atoms with Crippen LogP contribution in [0, 0.1) is 0 Å². The zero-order chi connectivity index (χ0) is 25.8. The van der Waals surface area contributed by atoms with E-state index >= 15 is 0 Å². The number of benzene rings is 4. The predicted octanol–water partition coefficient (Wildman–Crippen LogP) is 4.36. The smallest absolute Gasteiger partial charge is 0.316 e. The number of hydrogen-bond acceptors (Lipinski definition) is 3. The summed E-state index contributed by atoms with van der Waals surface area (Å²) >= 11 is 0. The molecule has 0 aliphatic carbocycles. The summed E-state index contributed by atoms with van der Waals surface area (Å²) in [5.41, 5.74) is 12.8. The van der Waals surface area contributed by atoms with Gasteiger partial charge < -0.3 is 26.8 Å². The van der Waals surface area contributed by atoms with Crippen LogP contribution in [0.5, 0.6) is 0 Å². The topological polar surface area (TPSA) is 119 Å². The number of hydrogen-bond donors (Lipinski definition) is 4. The Balaban J connectivity index is 1.67. The van der Waals surface area contributed by atoms with E-state index in [0.717, 1.165) is 27.2 Å². The average molecular weight is 510 g/mol. The molecule has 4 aromatic carbocycles.